The Morgan fingerprint density at radius 2 is 1.68 bits per heavy atom. The van der Waals surface area contributed by atoms with E-state index in [1.165, 1.54) is 0 Å². The van der Waals surface area contributed by atoms with Gasteiger partial charge in [0.1, 0.15) is 0 Å². The van der Waals surface area contributed by atoms with Gasteiger partial charge in [0, 0.05) is 0 Å². The minimum absolute atomic E-state index is 0.0658. The Morgan fingerprint density at radius 3 is 2.05 bits per heavy atom. The van der Waals surface area contributed by atoms with Gasteiger partial charge in [-0.2, -0.15) is 4.72 Å². The van der Waals surface area contributed by atoms with Crippen molar-refractivity contribution in [3.63, 3.8) is 0 Å². The van der Waals surface area contributed by atoms with E-state index in [2.05, 4.69) is 0 Å². The third kappa shape index (κ3) is 3.31. The van der Waals surface area contributed by atoms with Crippen LogP contribution in [0.3, 0.4) is 0 Å². The zero-order valence-corrected chi connectivity index (χ0v) is 12.1. The maximum atomic E-state index is 12.3. The summed E-state index contributed by atoms with van der Waals surface area (Å²) in [6, 6.07) is 3.44. The van der Waals surface area contributed by atoms with Gasteiger partial charge in [-0.15, -0.1) is 0 Å². The molecule has 0 spiro atoms. The molecule has 0 fully saturated rings. The van der Waals surface area contributed by atoms with Crippen molar-refractivity contribution in [2.24, 2.45) is 5.73 Å². The van der Waals surface area contributed by atoms with E-state index < -0.39 is 21.7 Å². The highest BCUT2D eigenvalue weighted by Crippen LogP contribution is 2.22. The largest absolute Gasteiger partial charge is 0.479 e. The van der Waals surface area contributed by atoms with Crippen LogP contribution in [0.1, 0.15) is 23.6 Å². The molecular weight excluding hydrogens is 268 g/mol. The van der Waals surface area contributed by atoms with Gasteiger partial charge in [0.05, 0.1) is 4.90 Å². The molecular formula is C12H18N2O4S. The minimum Gasteiger partial charge on any atom is -0.479 e. The fourth-order valence-electron chi connectivity index (χ4n) is 1.96. The van der Waals surface area contributed by atoms with E-state index in [0.29, 0.717) is 11.1 Å². The predicted molar refractivity (Wildman–Crippen MR) is 71.2 cm³/mol. The number of benzene rings is 1. The van der Waals surface area contributed by atoms with Crippen LogP contribution in [-0.2, 0) is 14.8 Å². The van der Waals surface area contributed by atoms with Crippen molar-refractivity contribution < 1.29 is 18.3 Å². The number of carboxylic acids is 1. The third-order valence-electron chi connectivity index (χ3n) is 2.66. The third-order valence-corrected chi connectivity index (χ3v) is 4.54. The molecule has 19 heavy (non-hydrogen) atoms. The van der Waals surface area contributed by atoms with Crippen molar-refractivity contribution >= 4 is 16.0 Å². The Morgan fingerprint density at radius 1 is 1.26 bits per heavy atom. The second-order valence-electron chi connectivity index (χ2n) is 4.84. The van der Waals surface area contributed by atoms with Crippen LogP contribution in [0.15, 0.2) is 17.0 Å². The molecule has 0 aromatic heterocycles. The highest BCUT2D eigenvalue weighted by atomic mass is 32.2. The van der Waals surface area contributed by atoms with E-state index in [9.17, 15) is 13.2 Å². The van der Waals surface area contributed by atoms with Crippen LogP contribution >= 0.6 is 0 Å². The molecule has 106 valence electrons. The summed E-state index contributed by atoms with van der Waals surface area (Å²) in [7, 11) is -4.00. The first kappa shape index (κ1) is 15.6. The van der Waals surface area contributed by atoms with Crippen molar-refractivity contribution in [1.82, 2.24) is 4.72 Å². The Balaban J connectivity index is 3.34. The van der Waals surface area contributed by atoms with Gasteiger partial charge in [0.2, 0.25) is 10.0 Å². The van der Waals surface area contributed by atoms with Gasteiger partial charge in [-0.3, -0.25) is 0 Å². The lowest BCUT2D eigenvalue weighted by atomic mass is 10.1. The number of hydrogen-bond donors (Lipinski definition) is 3. The summed E-state index contributed by atoms with van der Waals surface area (Å²) in [5.41, 5.74) is 5.40. The molecule has 7 heteroatoms. The summed E-state index contributed by atoms with van der Waals surface area (Å²) >= 11 is 0. The van der Waals surface area contributed by atoms with Gasteiger partial charge in [0.15, 0.2) is 5.66 Å². The quantitative estimate of drug-likeness (QED) is 0.704. The SMILES string of the molecule is Cc1cc(C)c(S(=O)(=O)NC(C)(N)C(=O)O)c(C)c1. The molecule has 0 saturated heterocycles. The topological polar surface area (TPSA) is 109 Å². The number of nitrogens with two attached hydrogens (primary N) is 1. The number of aryl methyl sites for hydroxylation is 3. The number of hydrogen-bond acceptors (Lipinski definition) is 4. The van der Waals surface area contributed by atoms with Crippen molar-refractivity contribution in [2.75, 3.05) is 0 Å². The summed E-state index contributed by atoms with van der Waals surface area (Å²) in [5.74, 6) is -1.45. The normalized spacial score (nSPS) is 15.0. The maximum absolute atomic E-state index is 12.3. The van der Waals surface area contributed by atoms with Crippen molar-refractivity contribution in [2.45, 2.75) is 38.3 Å². The van der Waals surface area contributed by atoms with E-state index in [-0.39, 0.29) is 4.90 Å². The fraction of sp³-hybridized carbons (Fsp3) is 0.417. The maximum Gasteiger partial charge on any atom is 0.339 e. The van der Waals surface area contributed by atoms with E-state index >= 15 is 0 Å². The first-order valence-corrected chi connectivity index (χ1v) is 7.10. The van der Waals surface area contributed by atoms with Gasteiger partial charge in [0.25, 0.3) is 0 Å². The lowest BCUT2D eigenvalue weighted by molar-refractivity contribution is -0.143. The van der Waals surface area contributed by atoms with Gasteiger partial charge in [-0.05, 0) is 38.8 Å². The first-order chi connectivity index (χ1) is 8.47. The molecule has 1 aromatic rings. The molecule has 6 nitrogen and oxygen atoms in total. The lowest BCUT2D eigenvalue weighted by Crippen LogP contribution is -2.59. The zero-order chi connectivity index (χ0) is 15.0. The average molecular weight is 286 g/mol. The van der Waals surface area contributed by atoms with Crippen LogP contribution in [0.2, 0.25) is 0 Å². The van der Waals surface area contributed by atoms with Crippen LogP contribution in [0.25, 0.3) is 0 Å². The number of carbonyl (C=O) groups is 1. The molecule has 1 atom stereocenters. The number of sulfonamides is 1. The molecule has 4 N–H and O–H groups in total. The molecule has 0 radical (unpaired) electrons. The zero-order valence-electron chi connectivity index (χ0n) is 11.3. The summed E-state index contributed by atoms with van der Waals surface area (Å²) in [5, 5.41) is 8.88. The van der Waals surface area contributed by atoms with E-state index in [4.69, 9.17) is 10.8 Å². The molecule has 0 aliphatic carbocycles. The highest BCUT2D eigenvalue weighted by Gasteiger charge is 2.34. The predicted octanol–water partition coefficient (Wildman–Crippen LogP) is 0.650. The molecule has 0 saturated carbocycles. The standard InChI is InChI=1S/C12H18N2O4S/c1-7-5-8(2)10(9(3)6-7)19(17,18)14-12(4,13)11(15)16/h5-6,14H,13H2,1-4H3,(H,15,16). The number of rotatable bonds is 4. The van der Waals surface area contributed by atoms with Gasteiger partial charge in [-0.1, -0.05) is 17.7 Å². The Bertz CT molecular complexity index is 598. The highest BCUT2D eigenvalue weighted by molar-refractivity contribution is 7.89. The fourth-order valence-corrected chi connectivity index (χ4v) is 3.68. The average Bonchev–Trinajstić information content (AvgIpc) is 2.12. The Hall–Kier alpha value is -1.44. The van der Waals surface area contributed by atoms with Gasteiger partial charge < -0.3 is 10.8 Å². The number of carboxylic acid groups (broad SMARTS) is 1. The van der Waals surface area contributed by atoms with E-state index in [1.54, 1.807) is 26.0 Å². The Labute approximate surface area is 112 Å². The Kier molecular flexibility index (Phi) is 4.04. The molecule has 0 amide bonds. The smallest absolute Gasteiger partial charge is 0.339 e. The molecule has 1 aromatic carbocycles. The minimum atomic E-state index is -4.00. The lowest BCUT2D eigenvalue weighted by Gasteiger charge is -2.22. The molecule has 0 aliphatic rings. The number of nitrogens with one attached hydrogen (secondary N) is 1. The van der Waals surface area contributed by atoms with Crippen LogP contribution in [0, 0.1) is 20.8 Å². The summed E-state index contributed by atoms with van der Waals surface area (Å²) in [6.45, 7) is 6.26. The summed E-state index contributed by atoms with van der Waals surface area (Å²) in [6.07, 6.45) is 0. The van der Waals surface area contributed by atoms with E-state index in [0.717, 1.165) is 12.5 Å². The molecule has 0 aliphatic heterocycles. The van der Waals surface area contributed by atoms with Crippen LogP contribution in [0.5, 0.6) is 0 Å². The van der Waals surface area contributed by atoms with Crippen molar-refractivity contribution in [3.8, 4) is 0 Å². The molecule has 0 heterocycles. The number of aliphatic carboxylic acids is 1. The molecule has 0 bridgehead atoms. The summed E-state index contributed by atoms with van der Waals surface area (Å²) in [4.78, 5) is 11.0. The molecule has 1 rings (SSSR count). The van der Waals surface area contributed by atoms with E-state index in [1.807, 2.05) is 11.6 Å². The van der Waals surface area contributed by atoms with Crippen LogP contribution < -0.4 is 10.5 Å². The molecule has 1 unspecified atom stereocenters. The van der Waals surface area contributed by atoms with Gasteiger partial charge >= 0.3 is 5.97 Å². The first-order valence-electron chi connectivity index (χ1n) is 5.61. The van der Waals surface area contributed by atoms with Crippen LogP contribution in [0.4, 0.5) is 0 Å². The van der Waals surface area contributed by atoms with Crippen molar-refractivity contribution in [3.05, 3.63) is 28.8 Å². The van der Waals surface area contributed by atoms with Crippen LogP contribution in [-0.4, -0.2) is 25.2 Å². The summed E-state index contributed by atoms with van der Waals surface area (Å²) < 4.78 is 26.5. The monoisotopic (exact) mass is 286 g/mol. The van der Waals surface area contributed by atoms with Crippen molar-refractivity contribution in [1.29, 1.82) is 0 Å². The second-order valence-corrected chi connectivity index (χ2v) is 6.46. The van der Waals surface area contributed by atoms with Gasteiger partial charge in [-0.25, -0.2) is 13.2 Å². The second kappa shape index (κ2) is 4.92.